The van der Waals surface area contributed by atoms with E-state index in [0.717, 1.165) is 0 Å². The van der Waals surface area contributed by atoms with E-state index in [2.05, 4.69) is 9.72 Å². The van der Waals surface area contributed by atoms with Gasteiger partial charge in [-0.3, -0.25) is 4.79 Å². The van der Waals surface area contributed by atoms with Gasteiger partial charge in [-0.05, 0) is 6.07 Å². The van der Waals surface area contributed by atoms with Crippen molar-refractivity contribution >= 4 is 5.91 Å². The van der Waals surface area contributed by atoms with Crippen LogP contribution in [0.1, 0.15) is 28.0 Å². The van der Waals surface area contributed by atoms with Crippen molar-refractivity contribution in [1.29, 1.82) is 0 Å². The highest BCUT2D eigenvalue weighted by Crippen LogP contribution is 2.30. The van der Waals surface area contributed by atoms with Crippen LogP contribution >= 0.6 is 0 Å². The Hall–Kier alpha value is -1.97. The summed E-state index contributed by atoms with van der Waals surface area (Å²) in [6, 6.07) is 0.489. The molecule has 0 saturated carbocycles. The van der Waals surface area contributed by atoms with Crippen molar-refractivity contribution in [2.75, 3.05) is 0 Å². The molecule has 0 aliphatic rings. The van der Waals surface area contributed by atoms with E-state index in [1.807, 2.05) is 0 Å². The van der Waals surface area contributed by atoms with Gasteiger partial charge in [0.2, 0.25) is 5.88 Å². The third-order valence-corrected chi connectivity index (χ3v) is 2.01. The summed E-state index contributed by atoms with van der Waals surface area (Å²) in [5.74, 6) is -2.58. The average molecular weight is 285 g/mol. The standard InChI is InChI=1S/C9H8F5N3O2/c10-6(11)3-1-4(7(16)18)8(17-5(3)2-15)19-9(12,13)14/h1,6H,2,15H2,(H2,16,18). The molecule has 0 bridgehead atoms. The second-order valence-electron chi connectivity index (χ2n) is 3.29. The molecule has 0 radical (unpaired) electrons. The molecular formula is C9H8F5N3O2. The number of carbonyl (C=O) groups excluding carboxylic acids is 1. The summed E-state index contributed by atoms with van der Waals surface area (Å²) in [5, 5.41) is 0. The number of alkyl halides is 5. The molecule has 0 unspecified atom stereocenters. The van der Waals surface area contributed by atoms with Crippen LogP contribution in [0, 0.1) is 0 Å². The Morgan fingerprint density at radius 1 is 1.42 bits per heavy atom. The molecule has 1 amide bonds. The van der Waals surface area contributed by atoms with Gasteiger partial charge in [0.25, 0.3) is 12.3 Å². The third kappa shape index (κ3) is 3.74. The molecule has 1 rings (SSSR count). The number of nitrogens with zero attached hydrogens (tertiary/aromatic N) is 1. The number of halogens is 5. The number of hydrogen-bond acceptors (Lipinski definition) is 4. The number of pyridine rings is 1. The number of hydrogen-bond donors (Lipinski definition) is 2. The van der Waals surface area contributed by atoms with Crippen LogP contribution in [-0.4, -0.2) is 17.3 Å². The number of rotatable bonds is 4. The zero-order chi connectivity index (χ0) is 14.8. The molecule has 10 heteroatoms. The zero-order valence-corrected chi connectivity index (χ0v) is 9.17. The van der Waals surface area contributed by atoms with Crippen LogP contribution in [0.15, 0.2) is 6.07 Å². The van der Waals surface area contributed by atoms with Gasteiger partial charge in [0, 0.05) is 12.1 Å². The first-order valence-electron chi connectivity index (χ1n) is 4.73. The first kappa shape index (κ1) is 15.1. The van der Waals surface area contributed by atoms with E-state index in [1.54, 1.807) is 0 Å². The van der Waals surface area contributed by atoms with E-state index >= 15 is 0 Å². The Balaban J connectivity index is 3.40. The Labute approximate surface area is 103 Å². The van der Waals surface area contributed by atoms with Crippen molar-refractivity contribution in [2.45, 2.75) is 19.3 Å². The predicted octanol–water partition coefficient (Wildman–Crippen LogP) is 1.48. The van der Waals surface area contributed by atoms with Crippen LogP contribution in [-0.2, 0) is 6.54 Å². The van der Waals surface area contributed by atoms with Crippen LogP contribution in [0.5, 0.6) is 5.88 Å². The fourth-order valence-corrected chi connectivity index (χ4v) is 1.26. The lowest BCUT2D eigenvalue weighted by Gasteiger charge is -2.14. The number of ether oxygens (including phenoxy) is 1. The molecule has 106 valence electrons. The third-order valence-electron chi connectivity index (χ3n) is 2.01. The van der Waals surface area contributed by atoms with E-state index in [4.69, 9.17) is 11.5 Å². The van der Waals surface area contributed by atoms with Crippen molar-refractivity contribution in [1.82, 2.24) is 4.98 Å². The van der Waals surface area contributed by atoms with Crippen LogP contribution in [0.25, 0.3) is 0 Å². The Bertz CT molecular complexity index is 489. The summed E-state index contributed by atoms with van der Waals surface area (Å²) in [6.07, 6.45) is -8.21. The number of carbonyl (C=O) groups is 1. The summed E-state index contributed by atoms with van der Waals surface area (Å²) in [6.45, 7) is -0.549. The molecule has 1 heterocycles. The summed E-state index contributed by atoms with van der Waals surface area (Å²) < 4.78 is 65.0. The maximum Gasteiger partial charge on any atom is 0.574 e. The van der Waals surface area contributed by atoms with Crippen LogP contribution < -0.4 is 16.2 Å². The van der Waals surface area contributed by atoms with Crippen molar-refractivity contribution in [3.63, 3.8) is 0 Å². The SMILES string of the molecule is NCc1nc(OC(F)(F)F)c(C(N)=O)cc1C(F)F. The highest BCUT2D eigenvalue weighted by Gasteiger charge is 2.34. The maximum absolute atomic E-state index is 12.6. The highest BCUT2D eigenvalue weighted by molar-refractivity contribution is 5.95. The predicted molar refractivity (Wildman–Crippen MR) is 52.3 cm³/mol. The topological polar surface area (TPSA) is 91.2 Å². The molecule has 1 aromatic heterocycles. The lowest BCUT2D eigenvalue weighted by Crippen LogP contribution is -2.23. The van der Waals surface area contributed by atoms with Crippen molar-refractivity contribution in [3.05, 3.63) is 22.9 Å². The number of nitrogens with two attached hydrogens (primary N) is 2. The van der Waals surface area contributed by atoms with Gasteiger partial charge in [0.05, 0.1) is 5.69 Å². The monoisotopic (exact) mass is 285 g/mol. The Kier molecular flexibility index (Phi) is 4.24. The van der Waals surface area contributed by atoms with Crippen LogP contribution in [0.2, 0.25) is 0 Å². The minimum Gasteiger partial charge on any atom is -0.387 e. The fraction of sp³-hybridized carbons (Fsp3) is 0.333. The highest BCUT2D eigenvalue weighted by atomic mass is 19.4. The lowest BCUT2D eigenvalue weighted by atomic mass is 10.1. The van der Waals surface area contributed by atoms with Crippen LogP contribution in [0.3, 0.4) is 0 Å². The van der Waals surface area contributed by atoms with Gasteiger partial charge in [0.1, 0.15) is 5.56 Å². The summed E-state index contributed by atoms with van der Waals surface area (Å²) in [4.78, 5) is 14.1. The molecule has 0 aliphatic heterocycles. The average Bonchev–Trinajstić information content (AvgIpc) is 2.25. The molecule has 0 spiro atoms. The second kappa shape index (κ2) is 5.34. The van der Waals surface area contributed by atoms with E-state index < -0.39 is 47.9 Å². The molecular weight excluding hydrogens is 277 g/mol. The van der Waals surface area contributed by atoms with Crippen molar-refractivity contribution in [2.24, 2.45) is 11.5 Å². The normalized spacial score (nSPS) is 11.7. The first-order valence-corrected chi connectivity index (χ1v) is 4.73. The number of aromatic nitrogens is 1. The first-order chi connectivity index (χ1) is 8.65. The van der Waals surface area contributed by atoms with Crippen LogP contribution in [0.4, 0.5) is 22.0 Å². The van der Waals surface area contributed by atoms with Crippen molar-refractivity contribution < 1.29 is 31.5 Å². The fourth-order valence-electron chi connectivity index (χ4n) is 1.26. The number of amides is 1. The summed E-state index contributed by atoms with van der Waals surface area (Å²) in [5.41, 5.74) is 7.70. The quantitative estimate of drug-likeness (QED) is 0.819. The zero-order valence-electron chi connectivity index (χ0n) is 9.17. The van der Waals surface area contributed by atoms with Gasteiger partial charge in [-0.1, -0.05) is 0 Å². The van der Waals surface area contributed by atoms with Crippen molar-refractivity contribution in [3.8, 4) is 5.88 Å². The van der Waals surface area contributed by atoms with Gasteiger partial charge >= 0.3 is 6.36 Å². The molecule has 0 saturated heterocycles. The lowest BCUT2D eigenvalue weighted by molar-refractivity contribution is -0.276. The molecule has 5 nitrogen and oxygen atoms in total. The summed E-state index contributed by atoms with van der Waals surface area (Å²) >= 11 is 0. The van der Waals surface area contributed by atoms with Gasteiger partial charge < -0.3 is 16.2 Å². The number of primary amides is 1. The van der Waals surface area contributed by atoms with E-state index in [-0.39, 0.29) is 0 Å². The smallest absolute Gasteiger partial charge is 0.387 e. The largest absolute Gasteiger partial charge is 0.574 e. The van der Waals surface area contributed by atoms with Gasteiger partial charge in [-0.2, -0.15) is 0 Å². The molecule has 4 N–H and O–H groups in total. The molecule has 1 aromatic rings. The maximum atomic E-state index is 12.6. The molecule has 19 heavy (non-hydrogen) atoms. The summed E-state index contributed by atoms with van der Waals surface area (Å²) in [7, 11) is 0. The van der Waals surface area contributed by atoms with E-state index in [0.29, 0.717) is 6.07 Å². The minimum absolute atomic E-state index is 0.489. The molecule has 0 aliphatic carbocycles. The van der Waals surface area contributed by atoms with Gasteiger partial charge in [-0.25, -0.2) is 13.8 Å². The van der Waals surface area contributed by atoms with E-state index in [1.165, 1.54) is 0 Å². The molecule has 0 aromatic carbocycles. The second-order valence-corrected chi connectivity index (χ2v) is 3.29. The van der Waals surface area contributed by atoms with Gasteiger partial charge in [-0.15, -0.1) is 13.2 Å². The minimum atomic E-state index is -5.14. The Morgan fingerprint density at radius 2 is 2.00 bits per heavy atom. The Morgan fingerprint density at radius 3 is 2.37 bits per heavy atom. The molecule has 0 fully saturated rings. The molecule has 0 atom stereocenters. The van der Waals surface area contributed by atoms with Gasteiger partial charge in [0.15, 0.2) is 0 Å². The van der Waals surface area contributed by atoms with E-state index in [9.17, 15) is 26.7 Å².